The summed E-state index contributed by atoms with van der Waals surface area (Å²) >= 11 is 0. The Bertz CT molecular complexity index is 564. The van der Waals surface area contributed by atoms with Crippen LogP contribution in [0.2, 0.25) is 0 Å². The zero-order chi connectivity index (χ0) is 13.4. The van der Waals surface area contributed by atoms with Gasteiger partial charge >= 0.3 is 0 Å². The molecular weight excluding hydrogens is 234 g/mol. The van der Waals surface area contributed by atoms with Gasteiger partial charge in [-0.2, -0.15) is 0 Å². The van der Waals surface area contributed by atoms with Gasteiger partial charge in [0.15, 0.2) is 0 Å². The lowest BCUT2D eigenvalue weighted by atomic mass is 9.97. The Morgan fingerprint density at radius 2 is 2.00 bits per heavy atom. The molecule has 1 heterocycles. The first-order valence-electron chi connectivity index (χ1n) is 7.40. The number of nitrogens with one attached hydrogen (secondary N) is 1. The van der Waals surface area contributed by atoms with Gasteiger partial charge in [0.05, 0.1) is 11.0 Å². The van der Waals surface area contributed by atoms with Crippen LogP contribution in [0.4, 0.5) is 0 Å². The molecule has 0 spiro atoms. The molecule has 102 valence electrons. The molecule has 0 saturated heterocycles. The highest BCUT2D eigenvalue weighted by Gasteiger charge is 2.20. The second-order valence-electron chi connectivity index (χ2n) is 6.15. The normalized spacial score (nSPS) is 18.5. The molecule has 1 atom stereocenters. The number of nitrogens with two attached hydrogens (primary N) is 1. The van der Waals surface area contributed by atoms with Crippen molar-refractivity contribution < 1.29 is 0 Å². The zero-order valence-corrected chi connectivity index (χ0v) is 11.8. The second kappa shape index (κ2) is 4.97. The van der Waals surface area contributed by atoms with Gasteiger partial charge in [-0.15, -0.1) is 0 Å². The molecule has 1 aromatic carbocycles. The van der Waals surface area contributed by atoms with Gasteiger partial charge in [-0.3, -0.25) is 0 Å². The van der Waals surface area contributed by atoms with E-state index in [4.69, 9.17) is 10.7 Å². The molecule has 3 rings (SSSR count). The zero-order valence-electron chi connectivity index (χ0n) is 11.8. The van der Waals surface area contributed by atoms with Crippen LogP contribution in [0.15, 0.2) is 18.2 Å². The summed E-state index contributed by atoms with van der Waals surface area (Å²) in [5.41, 5.74) is 9.63. The van der Waals surface area contributed by atoms with Crippen molar-refractivity contribution in [2.24, 2.45) is 11.7 Å². The topological polar surface area (TPSA) is 54.7 Å². The number of imidazole rings is 1. The van der Waals surface area contributed by atoms with Gasteiger partial charge in [0.1, 0.15) is 5.82 Å². The molecule has 1 fully saturated rings. The summed E-state index contributed by atoms with van der Waals surface area (Å²) in [6, 6.07) is 6.49. The van der Waals surface area contributed by atoms with Crippen LogP contribution < -0.4 is 5.73 Å². The monoisotopic (exact) mass is 257 g/mol. The molecule has 3 heteroatoms. The molecule has 1 aliphatic carbocycles. The van der Waals surface area contributed by atoms with E-state index in [0.717, 1.165) is 11.0 Å². The highest BCUT2D eigenvalue weighted by molar-refractivity contribution is 5.76. The van der Waals surface area contributed by atoms with Gasteiger partial charge in [0, 0.05) is 12.0 Å². The van der Waals surface area contributed by atoms with Crippen molar-refractivity contribution in [3.05, 3.63) is 29.6 Å². The minimum Gasteiger partial charge on any atom is -0.342 e. The summed E-state index contributed by atoms with van der Waals surface area (Å²) in [4.78, 5) is 8.25. The number of aromatic nitrogens is 2. The molecular formula is C16H23N3. The third-order valence-corrected chi connectivity index (χ3v) is 4.37. The molecule has 0 bridgehead atoms. The molecule has 3 N–H and O–H groups in total. The first kappa shape index (κ1) is 12.7. The van der Waals surface area contributed by atoms with Gasteiger partial charge in [-0.25, -0.2) is 4.98 Å². The Balaban J connectivity index is 1.94. The van der Waals surface area contributed by atoms with Gasteiger partial charge in [0.2, 0.25) is 0 Å². The van der Waals surface area contributed by atoms with E-state index in [0.29, 0.717) is 11.8 Å². The second-order valence-corrected chi connectivity index (χ2v) is 6.15. The molecule has 2 aromatic rings. The van der Waals surface area contributed by atoms with Crippen LogP contribution in [-0.4, -0.2) is 9.97 Å². The Kier molecular flexibility index (Phi) is 3.31. The Morgan fingerprint density at radius 3 is 2.68 bits per heavy atom. The first-order chi connectivity index (χ1) is 9.15. The number of rotatable bonds is 3. The van der Waals surface area contributed by atoms with Crippen LogP contribution in [0.25, 0.3) is 11.0 Å². The van der Waals surface area contributed by atoms with Crippen LogP contribution in [-0.2, 0) is 0 Å². The number of hydrogen-bond acceptors (Lipinski definition) is 2. The average Bonchev–Trinajstić information content (AvgIpc) is 3.05. The molecule has 1 saturated carbocycles. The van der Waals surface area contributed by atoms with Crippen molar-refractivity contribution in [2.45, 2.75) is 51.5 Å². The van der Waals surface area contributed by atoms with Gasteiger partial charge in [0.25, 0.3) is 0 Å². The van der Waals surface area contributed by atoms with E-state index in [2.05, 4.69) is 37.0 Å². The number of nitrogens with zero attached hydrogens (tertiary/aromatic N) is 1. The minimum absolute atomic E-state index is 0.0997. The largest absolute Gasteiger partial charge is 0.342 e. The molecule has 0 aliphatic heterocycles. The Labute approximate surface area is 114 Å². The fourth-order valence-electron chi connectivity index (χ4n) is 3.03. The van der Waals surface area contributed by atoms with Crippen molar-refractivity contribution >= 4 is 11.0 Å². The first-order valence-corrected chi connectivity index (χ1v) is 7.40. The lowest BCUT2D eigenvalue weighted by Crippen LogP contribution is -2.16. The fraction of sp³-hybridized carbons (Fsp3) is 0.562. The molecule has 19 heavy (non-hydrogen) atoms. The Hall–Kier alpha value is -1.35. The maximum atomic E-state index is 6.22. The summed E-state index contributed by atoms with van der Waals surface area (Å²) in [6.45, 7) is 4.32. The van der Waals surface area contributed by atoms with E-state index in [-0.39, 0.29) is 6.04 Å². The van der Waals surface area contributed by atoms with Gasteiger partial charge in [-0.1, -0.05) is 32.8 Å². The molecule has 1 unspecified atom stereocenters. The number of hydrogen-bond donors (Lipinski definition) is 2. The Morgan fingerprint density at radius 1 is 1.26 bits per heavy atom. The van der Waals surface area contributed by atoms with E-state index in [9.17, 15) is 0 Å². The molecule has 0 amide bonds. The van der Waals surface area contributed by atoms with Crippen LogP contribution in [0, 0.1) is 5.92 Å². The summed E-state index contributed by atoms with van der Waals surface area (Å²) in [6.07, 6.45) is 5.23. The van der Waals surface area contributed by atoms with Gasteiger partial charge in [-0.05, 0) is 36.5 Å². The number of benzene rings is 1. The van der Waals surface area contributed by atoms with Crippen molar-refractivity contribution in [3.63, 3.8) is 0 Å². The van der Waals surface area contributed by atoms with Crippen LogP contribution >= 0.6 is 0 Å². The molecule has 0 radical (unpaired) electrons. The predicted octanol–water partition coefficient (Wildman–Crippen LogP) is 3.88. The van der Waals surface area contributed by atoms with Crippen molar-refractivity contribution in [1.29, 1.82) is 0 Å². The number of fused-ring (bicyclic) bond motifs is 1. The van der Waals surface area contributed by atoms with Gasteiger partial charge < -0.3 is 10.7 Å². The predicted molar refractivity (Wildman–Crippen MR) is 79.1 cm³/mol. The van der Waals surface area contributed by atoms with E-state index < -0.39 is 0 Å². The van der Waals surface area contributed by atoms with Crippen LogP contribution in [0.1, 0.15) is 62.9 Å². The lowest BCUT2D eigenvalue weighted by Gasteiger charge is -2.15. The highest BCUT2D eigenvalue weighted by Crippen LogP contribution is 2.33. The lowest BCUT2D eigenvalue weighted by molar-refractivity contribution is 0.514. The quantitative estimate of drug-likeness (QED) is 0.876. The molecule has 1 aliphatic rings. The SMILES string of the molecule is CC(C)C(N)c1ccc2nc(C3CCCC3)[nH]c2c1. The summed E-state index contributed by atoms with van der Waals surface area (Å²) in [5.74, 6) is 2.26. The maximum absolute atomic E-state index is 6.22. The van der Waals surface area contributed by atoms with Crippen LogP contribution in [0.3, 0.4) is 0 Å². The highest BCUT2D eigenvalue weighted by atomic mass is 14.9. The summed E-state index contributed by atoms with van der Waals surface area (Å²) in [5, 5.41) is 0. The fourth-order valence-corrected chi connectivity index (χ4v) is 3.03. The maximum Gasteiger partial charge on any atom is 0.110 e. The van der Waals surface area contributed by atoms with Crippen molar-refractivity contribution in [2.75, 3.05) is 0 Å². The smallest absolute Gasteiger partial charge is 0.110 e. The van der Waals surface area contributed by atoms with Crippen molar-refractivity contribution in [1.82, 2.24) is 9.97 Å². The van der Waals surface area contributed by atoms with E-state index in [1.165, 1.54) is 37.1 Å². The van der Waals surface area contributed by atoms with Crippen LogP contribution in [0.5, 0.6) is 0 Å². The average molecular weight is 257 g/mol. The third kappa shape index (κ3) is 2.39. The standard InChI is InChI=1S/C16H23N3/c1-10(2)15(17)12-7-8-13-14(9-12)19-16(18-13)11-5-3-4-6-11/h7-11,15H,3-6,17H2,1-2H3,(H,18,19). The molecule has 3 nitrogen and oxygen atoms in total. The van der Waals surface area contributed by atoms with Crippen molar-refractivity contribution in [3.8, 4) is 0 Å². The number of H-pyrrole nitrogens is 1. The number of aromatic amines is 1. The van der Waals surface area contributed by atoms with E-state index >= 15 is 0 Å². The summed E-state index contributed by atoms with van der Waals surface area (Å²) < 4.78 is 0. The third-order valence-electron chi connectivity index (χ3n) is 4.37. The van der Waals surface area contributed by atoms with E-state index in [1.54, 1.807) is 0 Å². The van der Waals surface area contributed by atoms with E-state index in [1.807, 2.05) is 0 Å². The molecule has 1 aromatic heterocycles. The minimum atomic E-state index is 0.0997. The summed E-state index contributed by atoms with van der Waals surface area (Å²) in [7, 11) is 0.